The zero-order chi connectivity index (χ0) is 16.2. The maximum absolute atomic E-state index is 12.0. The fourth-order valence-electron chi connectivity index (χ4n) is 3.24. The number of hydrogen-bond donors (Lipinski definition) is 3. The van der Waals surface area contributed by atoms with Crippen LogP contribution in [0.25, 0.3) is 0 Å². The van der Waals surface area contributed by atoms with E-state index in [-0.39, 0.29) is 18.0 Å². The molecule has 0 bridgehead atoms. The molecule has 1 heterocycles. The summed E-state index contributed by atoms with van der Waals surface area (Å²) in [5, 5.41) is 14.8. The first kappa shape index (κ1) is 15.8. The van der Waals surface area contributed by atoms with Crippen LogP contribution in [0.5, 0.6) is 0 Å². The van der Waals surface area contributed by atoms with E-state index in [9.17, 15) is 9.59 Å². The Morgan fingerprint density at radius 3 is 2.61 bits per heavy atom. The van der Waals surface area contributed by atoms with E-state index in [0.717, 1.165) is 18.4 Å². The van der Waals surface area contributed by atoms with Crippen LogP contribution in [-0.2, 0) is 29.3 Å². The van der Waals surface area contributed by atoms with Crippen molar-refractivity contribution >= 4 is 12.0 Å². The Hall–Kier alpha value is -2.08. The van der Waals surface area contributed by atoms with Gasteiger partial charge in [-0.2, -0.15) is 0 Å². The number of amides is 2. The minimum absolute atomic E-state index is 0.0685. The molecule has 0 atom stereocenters. The van der Waals surface area contributed by atoms with E-state index in [1.807, 2.05) is 12.1 Å². The van der Waals surface area contributed by atoms with Gasteiger partial charge in [0.2, 0.25) is 0 Å². The average molecular weight is 318 g/mol. The van der Waals surface area contributed by atoms with Gasteiger partial charge in [0.15, 0.2) is 0 Å². The van der Waals surface area contributed by atoms with Crippen LogP contribution in [0.15, 0.2) is 18.2 Å². The molecule has 23 heavy (non-hydrogen) atoms. The van der Waals surface area contributed by atoms with Crippen molar-refractivity contribution in [3.63, 3.8) is 0 Å². The van der Waals surface area contributed by atoms with Gasteiger partial charge in [0.25, 0.3) is 0 Å². The molecule has 0 spiro atoms. The lowest BCUT2D eigenvalue weighted by Crippen LogP contribution is -2.43. The number of rotatable bonds is 4. The lowest BCUT2D eigenvalue weighted by atomic mass is 9.86. The molecule has 6 nitrogen and oxygen atoms in total. The van der Waals surface area contributed by atoms with Crippen LogP contribution in [0.4, 0.5) is 4.79 Å². The molecule has 1 aliphatic heterocycles. The van der Waals surface area contributed by atoms with E-state index in [1.165, 1.54) is 11.1 Å². The number of carboxylic acid groups (broad SMARTS) is 1. The number of fused-ring (bicyclic) bond motifs is 1. The molecule has 1 aromatic rings. The quantitative estimate of drug-likeness (QED) is 0.794. The first-order chi connectivity index (χ1) is 11.1. The van der Waals surface area contributed by atoms with Crippen LogP contribution in [-0.4, -0.2) is 23.1 Å². The number of ether oxygens (including phenoxy) is 1. The maximum Gasteiger partial charge on any atom is 0.315 e. The van der Waals surface area contributed by atoms with E-state index in [2.05, 4.69) is 16.7 Å². The predicted octanol–water partition coefficient (Wildman–Crippen LogP) is 2.16. The number of aliphatic carboxylic acids is 1. The van der Waals surface area contributed by atoms with Gasteiger partial charge in [0.1, 0.15) is 0 Å². The lowest BCUT2D eigenvalue weighted by molar-refractivity contribution is -0.142. The SMILES string of the molecule is O=C(NCc1ccc2c(c1)COC2)NC1CCC(C(=O)O)CC1. The summed E-state index contributed by atoms with van der Waals surface area (Å²) < 4.78 is 5.38. The molecule has 1 aliphatic carbocycles. The zero-order valence-corrected chi connectivity index (χ0v) is 13.0. The number of benzene rings is 1. The molecule has 1 saturated carbocycles. The van der Waals surface area contributed by atoms with Gasteiger partial charge in [0.05, 0.1) is 19.1 Å². The number of nitrogens with one attached hydrogen (secondary N) is 2. The second-order valence-electron chi connectivity index (χ2n) is 6.31. The van der Waals surface area contributed by atoms with Crippen molar-refractivity contribution in [2.45, 2.75) is 51.5 Å². The van der Waals surface area contributed by atoms with Crippen LogP contribution in [0.2, 0.25) is 0 Å². The Labute approximate surface area is 135 Å². The topological polar surface area (TPSA) is 87.7 Å². The van der Waals surface area contributed by atoms with E-state index >= 15 is 0 Å². The summed E-state index contributed by atoms with van der Waals surface area (Å²) >= 11 is 0. The van der Waals surface area contributed by atoms with E-state index in [0.29, 0.717) is 32.6 Å². The molecule has 1 aromatic carbocycles. The minimum atomic E-state index is -0.728. The number of urea groups is 1. The van der Waals surface area contributed by atoms with Crippen LogP contribution in [0, 0.1) is 5.92 Å². The molecule has 0 saturated heterocycles. The third-order valence-electron chi connectivity index (χ3n) is 4.65. The molecule has 2 amide bonds. The van der Waals surface area contributed by atoms with E-state index in [1.54, 1.807) is 0 Å². The first-order valence-corrected chi connectivity index (χ1v) is 8.07. The number of carbonyl (C=O) groups is 2. The fraction of sp³-hybridized carbons (Fsp3) is 0.529. The van der Waals surface area contributed by atoms with Gasteiger partial charge in [-0.15, -0.1) is 0 Å². The Morgan fingerprint density at radius 2 is 1.87 bits per heavy atom. The largest absolute Gasteiger partial charge is 0.481 e. The highest BCUT2D eigenvalue weighted by Gasteiger charge is 2.26. The zero-order valence-electron chi connectivity index (χ0n) is 13.0. The molecule has 124 valence electrons. The normalized spacial score (nSPS) is 23.1. The van der Waals surface area contributed by atoms with Gasteiger partial charge >= 0.3 is 12.0 Å². The summed E-state index contributed by atoms with van der Waals surface area (Å²) in [5.74, 6) is -0.988. The van der Waals surface area contributed by atoms with Crippen molar-refractivity contribution in [2.75, 3.05) is 0 Å². The molecule has 0 aromatic heterocycles. The molecule has 0 radical (unpaired) electrons. The average Bonchev–Trinajstić information content (AvgIpc) is 3.01. The third kappa shape index (κ3) is 4.01. The van der Waals surface area contributed by atoms with Gasteiger partial charge in [-0.1, -0.05) is 18.2 Å². The number of carbonyl (C=O) groups excluding carboxylic acids is 1. The second-order valence-corrected chi connectivity index (χ2v) is 6.31. The summed E-state index contributed by atoms with van der Waals surface area (Å²) in [6, 6.07) is 6.00. The summed E-state index contributed by atoms with van der Waals surface area (Å²) in [4.78, 5) is 22.9. The molecule has 3 N–H and O–H groups in total. The number of hydrogen-bond acceptors (Lipinski definition) is 3. The third-order valence-corrected chi connectivity index (χ3v) is 4.65. The van der Waals surface area contributed by atoms with Crippen molar-refractivity contribution in [3.05, 3.63) is 34.9 Å². The molecular weight excluding hydrogens is 296 g/mol. The van der Waals surface area contributed by atoms with Crippen LogP contribution in [0.3, 0.4) is 0 Å². The van der Waals surface area contributed by atoms with Crippen molar-refractivity contribution < 1.29 is 19.4 Å². The Kier molecular flexibility index (Phi) is 4.81. The predicted molar refractivity (Wildman–Crippen MR) is 83.7 cm³/mol. The van der Waals surface area contributed by atoms with Gasteiger partial charge in [-0.3, -0.25) is 4.79 Å². The Bertz CT molecular complexity index is 594. The standard InChI is InChI=1S/C17H22N2O4/c20-16(21)12-3-5-15(6-4-12)19-17(22)18-8-11-1-2-13-9-23-10-14(13)7-11/h1-2,7,12,15H,3-6,8-10H2,(H,20,21)(H2,18,19,22). The highest BCUT2D eigenvalue weighted by molar-refractivity contribution is 5.74. The molecule has 0 unspecified atom stereocenters. The Morgan fingerprint density at radius 1 is 1.13 bits per heavy atom. The van der Waals surface area contributed by atoms with Crippen LogP contribution in [0.1, 0.15) is 42.4 Å². The summed E-state index contributed by atoms with van der Waals surface area (Å²) in [7, 11) is 0. The summed E-state index contributed by atoms with van der Waals surface area (Å²) in [5.41, 5.74) is 3.46. The van der Waals surface area contributed by atoms with Gasteiger partial charge in [-0.25, -0.2) is 4.79 Å². The van der Waals surface area contributed by atoms with Crippen LogP contribution < -0.4 is 10.6 Å². The number of carboxylic acids is 1. The molecule has 1 fully saturated rings. The van der Waals surface area contributed by atoms with Crippen molar-refractivity contribution in [3.8, 4) is 0 Å². The molecular formula is C17H22N2O4. The fourth-order valence-corrected chi connectivity index (χ4v) is 3.24. The molecule has 6 heteroatoms. The minimum Gasteiger partial charge on any atom is -0.481 e. The Balaban J connectivity index is 1.42. The van der Waals surface area contributed by atoms with E-state index in [4.69, 9.17) is 9.84 Å². The summed E-state index contributed by atoms with van der Waals surface area (Å²) in [6.45, 7) is 1.79. The first-order valence-electron chi connectivity index (χ1n) is 8.07. The van der Waals surface area contributed by atoms with Gasteiger partial charge < -0.3 is 20.5 Å². The highest BCUT2D eigenvalue weighted by atomic mass is 16.5. The lowest BCUT2D eigenvalue weighted by Gasteiger charge is -2.26. The van der Waals surface area contributed by atoms with Crippen molar-refractivity contribution in [1.82, 2.24) is 10.6 Å². The van der Waals surface area contributed by atoms with E-state index < -0.39 is 5.97 Å². The second kappa shape index (κ2) is 7.00. The monoisotopic (exact) mass is 318 g/mol. The molecule has 2 aliphatic rings. The van der Waals surface area contributed by atoms with Gasteiger partial charge in [0, 0.05) is 12.6 Å². The summed E-state index contributed by atoms with van der Waals surface area (Å²) in [6.07, 6.45) is 2.71. The van der Waals surface area contributed by atoms with Crippen LogP contribution >= 0.6 is 0 Å². The smallest absolute Gasteiger partial charge is 0.315 e. The van der Waals surface area contributed by atoms with Gasteiger partial charge in [-0.05, 0) is 42.4 Å². The van der Waals surface area contributed by atoms with Crippen molar-refractivity contribution in [1.29, 1.82) is 0 Å². The molecule has 3 rings (SSSR count). The van der Waals surface area contributed by atoms with Crippen molar-refractivity contribution in [2.24, 2.45) is 5.92 Å². The highest BCUT2D eigenvalue weighted by Crippen LogP contribution is 2.24. The maximum atomic E-state index is 12.0.